The summed E-state index contributed by atoms with van der Waals surface area (Å²) in [6, 6.07) is 11.8. The lowest BCUT2D eigenvalue weighted by Crippen LogP contribution is -2.28. The Morgan fingerprint density at radius 1 is 1.00 bits per heavy atom. The van der Waals surface area contributed by atoms with Crippen LogP contribution in [0, 0.1) is 13.8 Å². The van der Waals surface area contributed by atoms with E-state index in [2.05, 4.69) is 15.6 Å². The zero-order valence-electron chi connectivity index (χ0n) is 18.6. The number of fused-ring (bicyclic) bond motifs is 1. The molecule has 0 aliphatic carbocycles. The van der Waals surface area contributed by atoms with E-state index in [1.807, 2.05) is 19.1 Å². The van der Waals surface area contributed by atoms with E-state index < -0.39 is 41.3 Å². The fourth-order valence-electron chi connectivity index (χ4n) is 3.56. The number of thiophene rings is 1. The van der Waals surface area contributed by atoms with Gasteiger partial charge in [0.2, 0.25) is 5.91 Å². The van der Waals surface area contributed by atoms with Crippen molar-refractivity contribution < 1.29 is 22.8 Å². The lowest BCUT2D eigenvalue weighted by Gasteiger charge is -2.13. The Bertz CT molecular complexity index is 1510. The second kappa shape index (κ2) is 9.34. The van der Waals surface area contributed by atoms with E-state index in [-0.39, 0.29) is 5.39 Å². The van der Waals surface area contributed by atoms with Gasteiger partial charge in [0.25, 0.3) is 11.5 Å². The van der Waals surface area contributed by atoms with E-state index in [1.165, 1.54) is 12.1 Å². The van der Waals surface area contributed by atoms with Crippen molar-refractivity contribution in [2.24, 2.45) is 0 Å². The topological polar surface area (TPSA) is 93.1 Å². The minimum Gasteiger partial charge on any atom is -0.324 e. The van der Waals surface area contributed by atoms with Gasteiger partial charge in [0.1, 0.15) is 11.4 Å². The Balaban J connectivity index is 1.59. The molecule has 0 unspecified atom stereocenters. The van der Waals surface area contributed by atoms with Crippen molar-refractivity contribution >= 4 is 44.7 Å². The van der Waals surface area contributed by atoms with Gasteiger partial charge in [-0.05, 0) is 43.2 Å². The van der Waals surface area contributed by atoms with Gasteiger partial charge in [0.15, 0.2) is 0 Å². The lowest BCUT2D eigenvalue weighted by atomic mass is 10.1. The van der Waals surface area contributed by atoms with E-state index in [0.717, 1.165) is 39.9 Å². The molecule has 0 aliphatic rings. The molecule has 2 heterocycles. The van der Waals surface area contributed by atoms with Crippen molar-refractivity contribution in [3.63, 3.8) is 0 Å². The summed E-state index contributed by atoms with van der Waals surface area (Å²) in [5.74, 6) is -1.22. The van der Waals surface area contributed by atoms with Gasteiger partial charge in [-0.1, -0.05) is 30.3 Å². The first-order chi connectivity index (χ1) is 16.6. The predicted octanol–water partition coefficient (Wildman–Crippen LogP) is 4.98. The van der Waals surface area contributed by atoms with Crippen LogP contribution in [0.15, 0.2) is 59.7 Å². The highest BCUT2D eigenvalue weighted by Gasteiger charge is 2.33. The number of para-hydroxylation sites is 2. The van der Waals surface area contributed by atoms with Crippen molar-refractivity contribution in [1.29, 1.82) is 0 Å². The van der Waals surface area contributed by atoms with E-state index in [4.69, 9.17) is 0 Å². The van der Waals surface area contributed by atoms with Gasteiger partial charge in [0.05, 0.1) is 27.8 Å². The summed E-state index contributed by atoms with van der Waals surface area (Å²) in [7, 11) is 0. The highest BCUT2D eigenvalue weighted by Crippen LogP contribution is 2.34. The smallest absolute Gasteiger partial charge is 0.324 e. The fourth-order valence-corrected chi connectivity index (χ4v) is 4.60. The van der Waals surface area contributed by atoms with Crippen LogP contribution in [-0.4, -0.2) is 21.4 Å². The first kappa shape index (κ1) is 24.1. The number of carbonyl (C=O) groups excluding carboxylic acids is 2. The van der Waals surface area contributed by atoms with Crippen LogP contribution in [0.2, 0.25) is 0 Å². The fraction of sp³-hybridized carbons (Fsp3) is 0.167. The number of benzene rings is 2. The predicted molar refractivity (Wildman–Crippen MR) is 128 cm³/mol. The molecule has 0 aliphatic heterocycles. The average Bonchev–Trinajstić information content (AvgIpc) is 3.14. The normalized spacial score (nSPS) is 11.5. The van der Waals surface area contributed by atoms with E-state index in [0.29, 0.717) is 21.0 Å². The van der Waals surface area contributed by atoms with Gasteiger partial charge >= 0.3 is 6.18 Å². The molecule has 7 nitrogen and oxygen atoms in total. The SMILES string of the molecule is Cc1ccccc1NC(=O)c1sc2ncn(CC(=O)Nc3ccccc3C(F)(F)F)c(=O)c2c1C. The van der Waals surface area contributed by atoms with E-state index in [9.17, 15) is 27.6 Å². The molecule has 2 amide bonds. The number of anilines is 2. The molecule has 0 fully saturated rings. The third-order valence-corrected chi connectivity index (χ3v) is 6.54. The van der Waals surface area contributed by atoms with Crippen LogP contribution in [0.25, 0.3) is 10.2 Å². The molecule has 0 atom stereocenters. The number of alkyl halides is 3. The second-order valence-electron chi connectivity index (χ2n) is 7.77. The van der Waals surface area contributed by atoms with Gasteiger partial charge in [-0.2, -0.15) is 13.2 Å². The molecular formula is C24H19F3N4O3S. The maximum atomic E-state index is 13.2. The Kier molecular flexibility index (Phi) is 6.44. The maximum absolute atomic E-state index is 13.2. The molecule has 0 saturated heterocycles. The standard InChI is InChI=1S/C24H19F3N4O3S/c1-13-7-3-5-9-16(13)30-21(33)20-14(2)19-22(35-20)28-12-31(23(19)34)11-18(32)29-17-10-6-4-8-15(17)24(25,26)27/h3-10,12H,11H2,1-2H3,(H,29,32)(H,30,33). The van der Waals surface area contributed by atoms with Crippen LogP contribution in [0.3, 0.4) is 0 Å². The number of aromatic nitrogens is 2. The maximum Gasteiger partial charge on any atom is 0.418 e. The van der Waals surface area contributed by atoms with Crippen molar-refractivity contribution in [3.8, 4) is 0 Å². The van der Waals surface area contributed by atoms with Crippen molar-refractivity contribution in [1.82, 2.24) is 9.55 Å². The largest absolute Gasteiger partial charge is 0.418 e. The quantitative estimate of drug-likeness (QED) is 0.404. The highest BCUT2D eigenvalue weighted by molar-refractivity contribution is 7.20. The molecule has 11 heteroatoms. The Morgan fingerprint density at radius 3 is 2.34 bits per heavy atom. The average molecular weight is 501 g/mol. The third kappa shape index (κ3) is 4.94. The molecule has 180 valence electrons. The van der Waals surface area contributed by atoms with E-state index in [1.54, 1.807) is 19.1 Å². The summed E-state index contributed by atoms with van der Waals surface area (Å²) in [6.45, 7) is 2.92. The summed E-state index contributed by atoms with van der Waals surface area (Å²) in [4.78, 5) is 43.2. The second-order valence-corrected chi connectivity index (χ2v) is 8.77. The van der Waals surface area contributed by atoms with E-state index >= 15 is 0 Å². The molecule has 0 spiro atoms. The Hall–Kier alpha value is -3.99. The van der Waals surface area contributed by atoms with Crippen LogP contribution in [-0.2, 0) is 17.5 Å². The number of halogens is 3. The van der Waals surface area contributed by atoms with Gasteiger partial charge in [-0.15, -0.1) is 11.3 Å². The van der Waals surface area contributed by atoms with Crippen molar-refractivity contribution in [2.75, 3.05) is 10.6 Å². The summed E-state index contributed by atoms with van der Waals surface area (Å²) >= 11 is 1.04. The summed E-state index contributed by atoms with van der Waals surface area (Å²) < 4.78 is 40.6. The number of aryl methyl sites for hydroxylation is 2. The molecular weight excluding hydrogens is 481 g/mol. The van der Waals surface area contributed by atoms with Crippen LogP contribution in [0.4, 0.5) is 24.5 Å². The molecule has 2 aromatic carbocycles. The molecule has 35 heavy (non-hydrogen) atoms. The van der Waals surface area contributed by atoms with Gasteiger partial charge < -0.3 is 10.6 Å². The molecule has 4 rings (SSSR count). The van der Waals surface area contributed by atoms with Gasteiger partial charge in [-0.25, -0.2) is 4.98 Å². The highest BCUT2D eigenvalue weighted by atomic mass is 32.1. The molecule has 4 aromatic rings. The Labute approximate surface area is 201 Å². The third-order valence-electron chi connectivity index (χ3n) is 5.34. The summed E-state index contributed by atoms with van der Waals surface area (Å²) in [6.07, 6.45) is -3.51. The van der Waals surface area contributed by atoms with Crippen LogP contribution >= 0.6 is 11.3 Å². The zero-order chi connectivity index (χ0) is 25.3. The summed E-state index contributed by atoms with van der Waals surface area (Å²) in [5, 5.41) is 5.20. The molecule has 0 bridgehead atoms. The number of nitrogens with zero attached hydrogens (tertiary/aromatic N) is 2. The lowest BCUT2D eigenvalue weighted by molar-refractivity contribution is -0.137. The Morgan fingerprint density at radius 2 is 1.66 bits per heavy atom. The molecule has 0 saturated carbocycles. The van der Waals surface area contributed by atoms with Crippen LogP contribution in [0.5, 0.6) is 0 Å². The number of hydrogen-bond donors (Lipinski definition) is 2. The number of nitrogens with one attached hydrogen (secondary N) is 2. The minimum absolute atomic E-state index is 0.177. The minimum atomic E-state index is -4.65. The van der Waals surface area contributed by atoms with Gasteiger partial charge in [-0.3, -0.25) is 19.0 Å². The monoisotopic (exact) mass is 500 g/mol. The van der Waals surface area contributed by atoms with Gasteiger partial charge in [0, 0.05) is 5.69 Å². The first-order valence-electron chi connectivity index (χ1n) is 10.4. The molecule has 0 radical (unpaired) electrons. The number of carbonyl (C=O) groups is 2. The number of amides is 2. The number of rotatable bonds is 5. The van der Waals surface area contributed by atoms with Crippen LogP contribution in [0.1, 0.15) is 26.4 Å². The molecule has 2 aromatic heterocycles. The first-order valence-corrected chi connectivity index (χ1v) is 11.2. The molecule has 2 N–H and O–H groups in total. The zero-order valence-corrected chi connectivity index (χ0v) is 19.4. The van der Waals surface area contributed by atoms with Crippen molar-refractivity contribution in [3.05, 3.63) is 86.8 Å². The number of hydrogen-bond acceptors (Lipinski definition) is 5. The van der Waals surface area contributed by atoms with Crippen LogP contribution < -0.4 is 16.2 Å². The van der Waals surface area contributed by atoms with Crippen molar-refractivity contribution in [2.45, 2.75) is 26.6 Å². The summed E-state index contributed by atoms with van der Waals surface area (Å²) in [5.41, 5.74) is -0.0568.